The van der Waals surface area contributed by atoms with Gasteiger partial charge in [-0.15, -0.1) is 0 Å². The normalized spacial score (nSPS) is 16.3. The average molecular weight is 328 g/mol. The van der Waals surface area contributed by atoms with E-state index in [0.717, 1.165) is 25.1 Å². The molecule has 0 unspecified atom stereocenters. The SMILES string of the molecule is CC(C)CCN1CN=C(NS(=O)(=O)c2ccc(F)cc2)NC1. The molecule has 122 valence electrons. The van der Waals surface area contributed by atoms with Crippen LogP contribution in [0.3, 0.4) is 0 Å². The minimum Gasteiger partial charge on any atom is -0.343 e. The molecule has 0 bridgehead atoms. The number of benzene rings is 1. The fraction of sp³-hybridized carbons (Fsp3) is 0.500. The molecule has 1 aromatic rings. The predicted octanol–water partition coefficient (Wildman–Crippen LogP) is 1.33. The average Bonchev–Trinajstić information content (AvgIpc) is 2.46. The van der Waals surface area contributed by atoms with Gasteiger partial charge >= 0.3 is 0 Å². The van der Waals surface area contributed by atoms with E-state index in [1.54, 1.807) is 0 Å². The quantitative estimate of drug-likeness (QED) is 0.855. The van der Waals surface area contributed by atoms with Crippen LogP contribution in [0.2, 0.25) is 0 Å². The highest BCUT2D eigenvalue weighted by Gasteiger charge is 2.19. The molecule has 0 saturated carbocycles. The number of aliphatic imine (C=N–C) groups is 1. The van der Waals surface area contributed by atoms with Gasteiger partial charge < -0.3 is 5.32 Å². The number of guanidine groups is 1. The van der Waals surface area contributed by atoms with Crippen molar-refractivity contribution in [3.05, 3.63) is 30.1 Å². The number of hydrogen-bond donors (Lipinski definition) is 2. The number of rotatable bonds is 5. The summed E-state index contributed by atoms with van der Waals surface area (Å²) in [6, 6.07) is 4.66. The van der Waals surface area contributed by atoms with Crippen LogP contribution in [0.4, 0.5) is 4.39 Å². The number of halogens is 1. The van der Waals surface area contributed by atoms with Crippen LogP contribution in [0.5, 0.6) is 0 Å². The Balaban J connectivity index is 1.95. The molecule has 1 aliphatic rings. The number of sulfonamides is 1. The van der Waals surface area contributed by atoms with E-state index in [2.05, 4.69) is 33.8 Å². The first-order valence-corrected chi connectivity index (χ1v) is 8.64. The second kappa shape index (κ2) is 7.06. The van der Waals surface area contributed by atoms with Crippen molar-refractivity contribution in [2.24, 2.45) is 10.9 Å². The summed E-state index contributed by atoms with van der Waals surface area (Å²) >= 11 is 0. The maximum atomic E-state index is 12.8. The van der Waals surface area contributed by atoms with Gasteiger partial charge in [0.2, 0.25) is 5.96 Å². The molecule has 0 radical (unpaired) electrons. The van der Waals surface area contributed by atoms with Gasteiger partial charge in [0.15, 0.2) is 0 Å². The van der Waals surface area contributed by atoms with Gasteiger partial charge in [0.1, 0.15) is 5.82 Å². The third-order valence-corrected chi connectivity index (χ3v) is 4.63. The second-order valence-corrected chi connectivity index (χ2v) is 7.30. The lowest BCUT2D eigenvalue weighted by atomic mass is 10.1. The van der Waals surface area contributed by atoms with Gasteiger partial charge in [0.05, 0.1) is 18.2 Å². The van der Waals surface area contributed by atoms with Gasteiger partial charge in [-0.3, -0.25) is 4.90 Å². The monoisotopic (exact) mass is 328 g/mol. The van der Waals surface area contributed by atoms with Crippen molar-refractivity contribution in [2.75, 3.05) is 19.9 Å². The molecule has 1 aromatic carbocycles. The van der Waals surface area contributed by atoms with Gasteiger partial charge in [0, 0.05) is 6.54 Å². The molecule has 2 N–H and O–H groups in total. The fourth-order valence-corrected chi connectivity index (χ4v) is 2.93. The Morgan fingerprint density at radius 1 is 1.36 bits per heavy atom. The first kappa shape index (κ1) is 16.7. The summed E-state index contributed by atoms with van der Waals surface area (Å²) in [5.41, 5.74) is 0. The summed E-state index contributed by atoms with van der Waals surface area (Å²) in [6.45, 7) is 6.20. The van der Waals surface area contributed by atoms with Crippen molar-refractivity contribution in [3.8, 4) is 0 Å². The molecule has 2 rings (SSSR count). The van der Waals surface area contributed by atoms with E-state index < -0.39 is 15.8 Å². The number of hydrogen-bond acceptors (Lipinski definition) is 5. The van der Waals surface area contributed by atoms with Gasteiger partial charge in [0.25, 0.3) is 10.0 Å². The predicted molar refractivity (Wildman–Crippen MR) is 83.2 cm³/mol. The van der Waals surface area contributed by atoms with Crippen molar-refractivity contribution >= 4 is 16.0 Å². The zero-order valence-electron chi connectivity index (χ0n) is 12.7. The van der Waals surface area contributed by atoms with E-state index >= 15 is 0 Å². The van der Waals surface area contributed by atoms with Crippen LogP contribution in [-0.4, -0.2) is 39.2 Å². The van der Waals surface area contributed by atoms with Crippen molar-refractivity contribution in [1.29, 1.82) is 0 Å². The zero-order chi connectivity index (χ0) is 16.2. The summed E-state index contributed by atoms with van der Waals surface area (Å²) in [6.07, 6.45) is 1.06. The molecule has 1 heterocycles. The van der Waals surface area contributed by atoms with Crippen LogP contribution in [0.15, 0.2) is 34.2 Å². The van der Waals surface area contributed by atoms with Crippen LogP contribution < -0.4 is 10.0 Å². The van der Waals surface area contributed by atoms with E-state index in [0.29, 0.717) is 19.3 Å². The van der Waals surface area contributed by atoms with Crippen LogP contribution in [0.1, 0.15) is 20.3 Å². The summed E-state index contributed by atoms with van der Waals surface area (Å²) in [5.74, 6) is 0.348. The van der Waals surface area contributed by atoms with Crippen LogP contribution >= 0.6 is 0 Å². The summed E-state index contributed by atoms with van der Waals surface area (Å²) in [4.78, 5) is 6.28. The van der Waals surface area contributed by atoms with E-state index in [9.17, 15) is 12.8 Å². The Labute approximate surface area is 130 Å². The van der Waals surface area contributed by atoms with Gasteiger partial charge in [-0.25, -0.2) is 22.5 Å². The standard InChI is InChI=1S/C14H21FN4O2S/c1-11(2)7-8-19-9-16-14(17-10-19)18-22(20,21)13-5-3-12(15)4-6-13/h3-6,11H,7-10H2,1-2H3,(H2,16,17,18). The van der Waals surface area contributed by atoms with Crippen molar-refractivity contribution in [1.82, 2.24) is 14.9 Å². The van der Waals surface area contributed by atoms with Crippen LogP contribution in [0, 0.1) is 11.7 Å². The lowest BCUT2D eigenvalue weighted by Crippen LogP contribution is -2.50. The van der Waals surface area contributed by atoms with E-state index in [4.69, 9.17) is 0 Å². The maximum absolute atomic E-state index is 12.8. The van der Waals surface area contributed by atoms with Crippen LogP contribution in [-0.2, 0) is 10.0 Å². The van der Waals surface area contributed by atoms with Crippen molar-refractivity contribution < 1.29 is 12.8 Å². The zero-order valence-corrected chi connectivity index (χ0v) is 13.5. The lowest BCUT2D eigenvalue weighted by Gasteiger charge is -2.27. The molecule has 1 aliphatic heterocycles. The molecule has 0 aliphatic carbocycles. The second-order valence-electron chi connectivity index (χ2n) is 5.62. The summed E-state index contributed by atoms with van der Waals surface area (Å²) in [7, 11) is -3.75. The molecule has 0 spiro atoms. The van der Waals surface area contributed by atoms with Crippen molar-refractivity contribution in [2.45, 2.75) is 25.2 Å². The third-order valence-electron chi connectivity index (χ3n) is 3.28. The topological polar surface area (TPSA) is 73.8 Å². The molecular weight excluding hydrogens is 307 g/mol. The summed E-state index contributed by atoms with van der Waals surface area (Å²) in [5, 5.41) is 2.94. The minimum atomic E-state index is -3.75. The minimum absolute atomic E-state index is 0.000590. The molecule has 6 nitrogen and oxygen atoms in total. The van der Waals surface area contributed by atoms with E-state index in [1.165, 1.54) is 12.1 Å². The Hall–Kier alpha value is -1.67. The smallest absolute Gasteiger partial charge is 0.264 e. The highest BCUT2D eigenvalue weighted by atomic mass is 32.2. The Bertz CT molecular complexity index is 629. The fourth-order valence-electron chi connectivity index (χ4n) is 1.92. The third kappa shape index (κ3) is 4.67. The van der Waals surface area contributed by atoms with Gasteiger partial charge in [-0.2, -0.15) is 0 Å². The molecule has 0 amide bonds. The van der Waals surface area contributed by atoms with Gasteiger partial charge in [-0.05, 0) is 36.6 Å². The molecule has 0 fully saturated rings. The lowest BCUT2D eigenvalue weighted by molar-refractivity contribution is 0.248. The molecule has 8 heteroatoms. The molecule has 0 saturated heterocycles. The number of nitrogens with zero attached hydrogens (tertiary/aromatic N) is 2. The largest absolute Gasteiger partial charge is 0.343 e. The van der Waals surface area contributed by atoms with Crippen molar-refractivity contribution in [3.63, 3.8) is 0 Å². The highest BCUT2D eigenvalue weighted by Crippen LogP contribution is 2.10. The molecular formula is C14H21FN4O2S. The summed E-state index contributed by atoms with van der Waals surface area (Å²) < 4.78 is 39.5. The molecule has 0 aromatic heterocycles. The molecule has 0 atom stereocenters. The maximum Gasteiger partial charge on any atom is 0.264 e. The highest BCUT2D eigenvalue weighted by molar-refractivity contribution is 7.90. The Morgan fingerprint density at radius 2 is 2.05 bits per heavy atom. The Kier molecular flexibility index (Phi) is 5.36. The van der Waals surface area contributed by atoms with Crippen LogP contribution in [0.25, 0.3) is 0 Å². The van der Waals surface area contributed by atoms with E-state index in [1.807, 2.05) is 0 Å². The van der Waals surface area contributed by atoms with Gasteiger partial charge in [-0.1, -0.05) is 13.8 Å². The number of nitrogens with one attached hydrogen (secondary N) is 2. The Morgan fingerprint density at radius 3 is 2.59 bits per heavy atom. The van der Waals surface area contributed by atoms with E-state index in [-0.39, 0.29) is 10.9 Å². The molecule has 22 heavy (non-hydrogen) atoms. The first-order valence-electron chi connectivity index (χ1n) is 7.16. The first-order chi connectivity index (χ1) is 10.4.